The highest BCUT2D eigenvalue weighted by molar-refractivity contribution is 5.78. The zero-order valence-electron chi connectivity index (χ0n) is 10.5. The number of carbonyl (C=O) groups excluding carboxylic acids is 1. The summed E-state index contributed by atoms with van der Waals surface area (Å²) in [7, 11) is 3.49. The number of aliphatic hydroxyl groups excluding tert-OH is 1. The molecule has 2 N–H and O–H groups in total. The van der Waals surface area contributed by atoms with Gasteiger partial charge in [0.1, 0.15) is 5.82 Å². The van der Waals surface area contributed by atoms with E-state index >= 15 is 0 Å². The first-order chi connectivity index (χ1) is 8.10. The molecule has 5 nitrogen and oxygen atoms in total. The zero-order chi connectivity index (χ0) is 12.8. The summed E-state index contributed by atoms with van der Waals surface area (Å²) >= 11 is 0. The molecular weight excluding hydrogens is 218 g/mol. The molecule has 1 rings (SSSR count). The molecule has 1 atom stereocenters. The van der Waals surface area contributed by atoms with Gasteiger partial charge in [-0.05, 0) is 6.07 Å². The molecule has 0 fully saturated rings. The van der Waals surface area contributed by atoms with Crippen LogP contribution >= 0.6 is 0 Å². The predicted molar refractivity (Wildman–Crippen MR) is 66.7 cm³/mol. The van der Waals surface area contributed by atoms with Gasteiger partial charge >= 0.3 is 0 Å². The average molecular weight is 237 g/mol. The van der Waals surface area contributed by atoms with Crippen LogP contribution in [0, 0.1) is 5.92 Å². The van der Waals surface area contributed by atoms with E-state index in [4.69, 9.17) is 0 Å². The molecule has 0 spiro atoms. The molecule has 1 aromatic heterocycles. The maximum atomic E-state index is 11.4. The van der Waals surface area contributed by atoms with Gasteiger partial charge in [0.15, 0.2) is 0 Å². The van der Waals surface area contributed by atoms with Gasteiger partial charge in [-0.1, -0.05) is 13.0 Å². The molecule has 94 valence electrons. The first kappa shape index (κ1) is 13.4. The Morgan fingerprint density at radius 2 is 2.35 bits per heavy atom. The second-order valence-electron chi connectivity index (χ2n) is 4.04. The Balaban J connectivity index is 2.75. The van der Waals surface area contributed by atoms with E-state index in [1.165, 1.54) is 0 Å². The Morgan fingerprint density at radius 1 is 1.65 bits per heavy atom. The van der Waals surface area contributed by atoms with Crippen molar-refractivity contribution >= 4 is 11.7 Å². The van der Waals surface area contributed by atoms with E-state index in [1.807, 2.05) is 24.9 Å². The van der Waals surface area contributed by atoms with Gasteiger partial charge in [0, 0.05) is 32.4 Å². The third-order valence-corrected chi connectivity index (χ3v) is 2.64. The quantitative estimate of drug-likeness (QED) is 0.777. The van der Waals surface area contributed by atoms with Crippen molar-refractivity contribution in [1.29, 1.82) is 0 Å². The standard InChI is InChI=1S/C12H19N3O2/c1-9(12(17)13-2)7-15(3)11-10(8-16)5-4-6-14-11/h4-6,9,16H,7-8H2,1-3H3,(H,13,17). The maximum Gasteiger partial charge on any atom is 0.224 e. The van der Waals surface area contributed by atoms with Gasteiger partial charge in [-0.3, -0.25) is 4.79 Å². The van der Waals surface area contributed by atoms with Crippen LogP contribution in [0.2, 0.25) is 0 Å². The summed E-state index contributed by atoms with van der Waals surface area (Å²) in [4.78, 5) is 17.5. The zero-order valence-corrected chi connectivity index (χ0v) is 10.5. The molecule has 1 aromatic rings. The van der Waals surface area contributed by atoms with Crippen molar-refractivity contribution in [3.05, 3.63) is 23.9 Å². The van der Waals surface area contributed by atoms with Gasteiger partial charge in [0.25, 0.3) is 0 Å². The van der Waals surface area contributed by atoms with Crippen LogP contribution < -0.4 is 10.2 Å². The van der Waals surface area contributed by atoms with E-state index in [1.54, 1.807) is 19.3 Å². The normalized spacial score (nSPS) is 12.0. The predicted octanol–water partition coefficient (Wildman–Crippen LogP) is 0.392. The molecule has 0 aliphatic heterocycles. The Bertz CT molecular complexity index is 382. The summed E-state index contributed by atoms with van der Waals surface area (Å²) in [6.07, 6.45) is 1.68. The van der Waals surface area contributed by atoms with Crippen LogP contribution in [0.5, 0.6) is 0 Å². The van der Waals surface area contributed by atoms with Crippen LogP contribution in [0.1, 0.15) is 12.5 Å². The number of aliphatic hydroxyl groups is 1. The number of anilines is 1. The van der Waals surface area contributed by atoms with Crippen molar-refractivity contribution in [3.8, 4) is 0 Å². The van der Waals surface area contributed by atoms with E-state index in [9.17, 15) is 9.90 Å². The lowest BCUT2D eigenvalue weighted by atomic mass is 10.1. The number of rotatable bonds is 5. The second kappa shape index (κ2) is 6.20. The van der Waals surface area contributed by atoms with Crippen LogP contribution in [-0.4, -0.2) is 36.6 Å². The fourth-order valence-electron chi connectivity index (χ4n) is 1.72. The first-order valence-electron chi connectivity index (χ1n) is 5.57. The number of nitrogens with zero attached hydrogens (tertiary/aromatic N) is 2. The molecule has 17 heavy (non-hydrogen) atoms. The lowest BCUT2D eigenvalue weighted by molar-refractivity contribution is -0.123. The third-order valence-electron chi connectivity index (χ3n) is 2.64. The molecule has 0 radical (unpaired) electrons. The van der Waals surface area contributed by atoms with Crippen molar-refractivity contribution in [3.63, 3.8) is 0 Å². The lowest BCUT2D eigenvalue weighted by Gasteiger charge is -2.23. The second-order valence-corrected chi connectivity index (χ2v) is 4.04. The summed E-state index contributed by atoms with van der Waals surface area (Å²) in [6, 6.07) is 3.61. The summed E-state index contributed by atoms with van der Waals surface area (Å²) in [5, 5.41) is 11.8. The number of aromatic nitrogens is 1. The van der Waals surface area contributed by atoms with Gasteiger partial charge < -0.3 is 15.3 Å². The van der Waals surface area contributed by atoms with Crippen molar-refractivity contribution < 1.29 is 9.90 Å². The van der Waals surface area contributed by atoms with E-state index < -0.39 is 0 Å². The number of carbonyl (C=O) groups is 1. The van der Waals surface area contributed by atoms with Crippen molar-refractivity contribution in [2.24, 2.45) is 5.92 Å². The Labute approximate surface area is 101 Å². The smallest absolute Gasteiger partial charge is 0.224 e. The molecular formula is C12H19N3O2. The fourth-order valence-corrected chi connectivity index (χ4v) is 1.72. The minimum absolute atomic E-state index is 0.00155. The van der Waals surface area contributed by atoms with Crippen molar-refractivity contribution in [2.75, 3.05) is 25.5 Å². The van der Waals surface area contributed by atoms with Crippen molar-refractivity contribution in [2.45, 2.75) is 13.5 Å². The van der Waals surface area contributed by atoms with Gasteiger partial charge in [-0.15, -0.1) is 0 Å². The van der Waals surface area contributed by atoms with E-state index in [-0.39, 0.29) is 18.4 Å². The topological polar surface area (TPSA) is 65.5 Å². The summed E-state index contributed by atoms with van der Waals surface area (Å²) in [5.41, 5.74) is 0.763. The van der Waals surface area contributed by atoms with Gasteiger partial charge in [-0.25, -0.2) is 4.98 Å². The van der Waals surface area contributed by atoms with Crippen LogP contribution in [0.3, 0.4) is 0 Å². The molecule has 0 aromatic carbocycles. The van der Waals surface area contributed by atoms with Crippen LogP contribution in [0.4, 0.5) is 5.82 Å². The molecule has 0 aliphatic carbocycles. The first-order valence-corrected chi connectivity index (χ1v) is 5.57. The average Bonchev–Trinajstić information content (AvgIpc) is 2.37. The summed E-state index contributed by atoms with van der Waals surface area (Å²) in [6.45, 7) is 2.36. The summed E-state index contributed by atoms with van der Waals surface area (Å²) < 4.78 is 0. The molecule has 1 unspecified atom stereocenters. The fraction of sp³-hybridized carbons (Fsp3) is 0.500. The summed E-state index contributed by atoms with van der Waals surface area (Å²) in [5.74, 6) is 0.586. The number of hydrogen-bond acceptors (Lipinski definition) is 4. The van der Waals surface area contributed by atoms with E-state index in [0.29, 0.717) is 12.4 Å². The maximum absolute atomic E-state index is 11.4. The van der Waals surface area contributed by atoms with Crippen LogP contribution in [0.15, 0.2) is 18.3 Å². The van der Waals surface area contributed by atoms with Gasteiger partial charge in [-0.2, -0.15) is 0 Å². The number of pyridine rings is 1. The third kappa shape index (κ3) is 3.42. The number of nitrogens with one attached hydrogen (secondary N) is 1. The van der Waals surface area contributed by atoms with Gasteiger partial charge in [0.2, 0.25) is 5.91 Å². The minimum atomic E-state index is -0.126. The number of hydrogen-bond donors (Lipinski definition) is 2. The van der Waals surface area contributed by atoms with Crippen LogP contribution in [-0.2, 0) is 11.4 Å². The van der Waals surface area contributed by atoms with Gasteiger partial charge in [0.05, 0.1) is 12.5 Å². The van der Waals surface area contributed by atoms with E-state index in [2.05, 4.69) is 10.3 Å². The molecule has 0 saturated heterocycles. The monoisotopic (exact) mass is 237 g/mol. The van der Waals surface area contributed by atoms with Crippen LogP contribution in [0.25, 0.3) is 0 Å². The Kier molecular flexibility index (Phi) is 4.90. The van der Waals surface area contributed by atoms with E-state index in [0.717, 1.165) is 5.56 Å². The highest BCUT2D eigenvalue weighted by Gasteiger charge is 2.16. The molecule has 0 saturated carbocycles. The highest BCUT2D eigenvalue weighted by atomic mass is 16.3. The Hall–Kier alpha value is -1.62. The Morgan fingerprint density at radius 3 is 2.94 bits per heavy atom. The highest BCUT2D eigenvalue weighted by Crippen LogP contribution is 2.16. The molecule has 5 heteroatoms. The lowest BCUT2D eigenvalue weighted by Crippen LogP contribution is -2.35. The largest absolute Gasteiger partial charge is 0.392 e. The SMILES string of the molecule is CNC(=O)C(C)CN(C)c1ncccc1CO. The minimum Gasteiger partial charge on any atom is -0.392 e. The number of amides is 1. The van der Waals surface area contributed by atoms with Crippen molar-refractivity contribution in [1.82, 2.24) is 10.3 Å². The molecule has 1 amide bonds. The molecule has 1 heterocycles. The molecule has 0 bridgehead atoms. The molecule has 0 aliphatic rings.